The third kappa shape index (κ3) is 5.42. The fourth-order valence-electron chi connectivity index (χ4n) is 4.51. The maximum atomic E-state index is 6.11. The average Bonchev–Trinajstić information content (AvgIpc) is 3.44. The van der Waals surface area contributed by atoms with Crippen LogP contribution in [0.3, 0.4) is 0 Å². The minimum absolute atomic E-state index is 0.213. The Bertz CT molecular complexity index is 881. The summed E-state index contributed by atoms with van der Waals surface area (Å²) in [5.74, 6) is 2.64. The molecule has 0 spiro atoms. The summed E-state index contributed by atoms with van der Waals surface area (Å²) in [4.78, 5) is 4.83. The standard InChI is InChI=1S/C24H37N5O3/c1-18-7-8-21(14-19(18)2)32-17-23-25-26-24(29(23)16-22-6-5-12-31-22)28-10-9-27(11-13-30-4)20(3)15-28/h7-8,14,20,22H,5-6,9-13,15-17H2,1-4H3. The molecule has 0 bridgehead atoms. The smallest absolute Gasteiger partial charge is 0.227 e. The van der Waals surface area contributed by atoms with Crippen LogP contribution in [-0.2, 0) is 22.6 Å². The third-order valence-corrected chi connectivity index (χ3v) is 6.69. The zero-order valence-electron chi connectivity index (χ0n) is 19.9. The van der Waals surface area contributed by atoms with Crippen LogP contribution in [0.2, 0.25) is 0 Å². The summed E-state index contributed by atoms with van der Waals surface area (Å²) in [6.07, 6.45) is 2.41. The monoisotopic (exact) mass is 443 g/mol. The fraction of sp³-hybridized carbons (Fsp3) is 0.667. The van der Waals surface area contributed by atoms with Gasteiger partial charge in [-0.25, -0.2) is 0 Å². The van der Waals surface area contributed by atoms with Crippen molar-refractivity contribution in [3.8, 4) is 5.75 Å². The van der Waals surface area contributed by atoms with Gasteiger partial charge in [-0.1, -0.05) is 6.07 Å². The molecule has 0 amide bonds. The van der Waals surface area contributed by atoms with Crippen molar-refractivity contribution in [1.29, 1.82) is 0 Å². The van der Waals surface area contributed by atoms with Gasteiger partial charge in [-0.3, -0.25) is 9.47 Å². The Labute approximate surface area is 191 Å². The molecular weight excluding hydrogens is 406 g/mol. The number of hydrogen-bond donors (Lipinski definition) is 0. The van der Waals surface area contributed by atoms with E-state index in [2.05, 4.69) is 57.5 Å². The summed E-state index contributed by atoms with van der Waals surface area (Å²) >= 11 is 0. The lowest BCUT2D eigenvalue weighted by Crippen LogP contribution is -2.53. The number of piperazine rings is 1. The van der Waals surface area contributed by atoms with E-state index in [1.54, 1.807) is 7.11 Å². The Morgan fingerprint density at radius 2 is 2.03 bits per heavy atom. The molecule has 2 aliphatic rings. The number of rotatable bonds is 9. The van der Waals surface area contributed by atoms with Gasteiger partial charge in [0.15, 0.2) is 5.82 Å². The third-order valence-electron chi connectivity index (χ3n) is 6.69. The van der Waals surface area contributed by atoms with Crippen LogP contribution in [-0.4, -0.2) is 78.3 Å². The average molecular weight is 444 g/mol. The number of hydrogen-bond acceptors (Lipinski definition) is 7. The summed E-state index contributed by atoms with van der Waals surface area (Å²) in [6, 6.07) is 6.63. The van der Waals surface area contributed by atoms with E-state index in [-0.39, 0.29) is 6.10 Å². The van der Waals surface area contributed by atoms with Gasteiger partial charge in [-0.15, -0.1) is 10.2 Å². The van der Waals surface area contributed by atoms with Crippen LogP contribution in [0.25, 0.3) is 0 Å². The lowest BCUT2D eigenvalue weighted by atomic mass is 10.1. The molecule has 2 unspecified atom stereocenters. The van der Waals surface area contributed by atoms with Gasteiger partial charge in [0, 0.05) is 45.9 Å². The highest BCUT2D eigenvalue weighted by Crippen LogP contribution is 2.24. The molecule has 2 aliphatic heterocycles. The SMILES string of the molecule is COCCN1CCN(c2nnc(COc3ccc(C)c(C)c3)n2CC2CCCO2)CC1C. The second-order valence-corrected chi connectivity index (χ2v) is 9.02. The first-order valence-electron chi connectivity index (χ1n) is 11.8. The first kappa shape index (κ1) is 23.0. The molecule has 0 radical (unpaired) electrons. The van der Waals surface area contributed by atoms with E-state index < -0.39 is 0 Å². The van der Waals surface area contributed by atoms with Crippen molar-refractivity contribution in [3.05, 3.63) is 35.2 Å². The van der Waals surface area contributed by atoms with Gasteiger partial charge in [-0.2, -0.15) is 0 Å². The number of methoxy groups -OCH3 is 1. The lowest BCUT2D eigenvalue weighted by Gasteiger charge is -2.40. The predicted molar refractivity (Wildman–Crippen MR) is 124 cm³/mol. The Morgan fingerprint density at radius 3 is 2.75 bits per heavy atom. The van der Waals surface area contributed by atoms with Crippen molar-refractivity contribution >= 4 is 5.95 Å². The van der Waals surface area contributed by atoms with Gasteiger partial charge in [0.2, 0.25) is 5.95 Å². The van der Waals surface area contributed by atoms with Crippen LogP contribution < -0.4 is 9.64 Å². The highest BCUT2D eigenvalue weighted by Gasteiger charge is 2.29. The first-order chi connectivity index (χ1) is 15.5. The van der Waals surface area contributed by atoms with Crippen molar-refractivity contribution in [2.24, 2.45) is 0 Å². The molecule has 2 fully saturated rings. The predicted octanol–water partition coefficient (Wildman–Crippen LogP) is 2.81. The summed E-state index contributed by atoms with van der Waals surface area (Å²) in [5.41, 5.74) is 2.49. The number of anilines is 1. The van der Waals surface area contributed by atoms with E-state index in [1.165, 1.54) is 11.1 Å². The molecule has 0 N–H and O–H groups in total. The van der Waals surface area contributed by atoms with Crippen LogP contribution in [0, 0.1) is 13.8 Å². The van der Waals surface area contributed by atoms with Gasteiger partial charge in [0.05, 0.1) is 19.3 Å². The van der Waals surface area contributed by atoms with Crippen LogP contribution >= 0.6 is 0 Å². The molecule has 0 aliphatic carbocycles. The maximum absolute atomic E-state index is 6.11. The molecule has 1 aromatic heterocycles. The largest absolute Gasteiger partial charge is 0.486 e. The normalized spacial score (nSPS) is 21.9. The summed E-state index contributed by atoms with van der Waals surface area (Å²) in [5, 5.41) is 9.15. The maximum Gasteiger partial charge on any atom is 0.227 e. The number of nitrogens with zero attached hydrogens (tertiary/aromatic N) is 5. The fourth-order valence-corrected chi connectivity index (χ4v) is 4.51. The van der Waals surface area contributed by atoms with E-state index in [1.807, 2.05) is 6.07 Å². The van der Waals surface area contributed by atoms with Crippen LogP contribution in [0.5, 0.6) is 5.75 Å². The highest BCUT2D eigenvalue weighted by molar-refractivity contribution is 5.35. The molecule has 0 saturated carbocycles. The molecule has 32 heavy (non-hydrogen) atoms. The van der Waals surface area contributed by atoms with Gasteiger partial charge in [-0.05, 0) is 56.9 Å². The minimum atomic E-state index is 0.213. The summed E-state index contributed by atoms with van der Waals surface area (Å²) < 4.78 is 19.5. The van der Waals surface area contributed by atoms with Crippen LogP contribution in [0.4, 0.5) is 5.95 Å². The molecule has 176 valence electrons. The van der Waals surface area contributed by atoms with E-state index in [0.29, 0.717) is 12.6 Å². The number of ether oxygens (including phenoxy) is 3. The Kier molecular flexibility index (Phi) is 7.65. The van der Waals surface area contributed by atoms with Crippen LogP contribution in [0.1, 0.15) is 36.7 Å². The van der Waals surface area contributed by atoms with E-state index in [9.17, 15) is 0 Å². The Hall–Kier alpha value is -2.16. The molecule has 2 aromatic rings. The lowest BCUT2D eigenvalue weighted by molar-refractivity contribution is 0.0948. The molecule has 1 aromatic carbocycles. The van der Waals surface area contributed by atoms with Crippen molar-refractivity contribution in [2.75, 3.05) is 51.4 Å². The van der Waals surface area contributed by atoms with Gasteiger partial charge in [0.25, 0.3) is 0 Å². The zero-order valence-corrected chi connectivity index (χ0v) is 19.9. The van der Waals surface area contributed by atoms with Crippen molar-refractivity contribution in [1.82, 2.24) is 19.7 Å². The molecule has 3 heterocycles. The van der Waals surface area contributed by atoms with E-state index >= 15 is 0 Å². The van der Waals surface area contributed by atoms with E-state index in [4.69, 9.17) is 14.2 Å². The van der Waals surface area contributed by atoms with Crippen molar-refractivity contribution < 1.29 is 14.2 Å². The zero-order chi connectivity index (χ0) is 22.5. The quantitative estimate of drug-likeness (QED) is 0.590. The Balaban J connectivity index is 1.49. The Morgan fingerprint density at radius 1 is 1.16 bits per heavy atom. The molecule has 2 saturated heterocycles. The number of benzene rings is 1. The molecule has 2 atom stereocenters. The minimum Gasteiger partial charge on any atom is -0.486 e. The summed E-state index contributed by atoms with van der Waals surface area (Å²) in [6.45, 7) is 13.1. The second-order valence-electron chi connectivity index (χ2n) is 9.02. The topological polar surface area (TPSA) is 64.9 Å². The van der Waals surface area contributed by atoms with Crippen molar-refractivity contribution in [3.63, 3.8) is 0 Å². The molecule has 8 heteroatoms. The van der Waals surface area contributed by atoms with Gasteiger partial charge < -0.3 is 19.1 Å². The summed E-state index contributed by atoms with van der Waals surface area (Å²) in [7, 11) is 1.76. The molecule has 8 nitrogen and oxygen atoms in total. The second kappa shape index (κ2) is 10.6. The molecular formula is C24H37N5O3. The first-order valence-corrected chi connectivity index (χ1v) is 11.8. The van der Waals surface area contributed by atoms with Gasteiger partial charge >= 0.3 is 0 Å². The highest BCUT2D eigenvalue weighted by atomic mass is 16.5. The number of aromatic nitrogens is 3. The van der Waals surface area contributed by atoms with Crippen LogP contribution in [0.15, 0.2) is 18.2 Å². The number of aryl methyl sites for hydroxylation is 2. The van der Waals surface area contributed by atoms with Crippen molar-refractivity contribution in [2.45, 2.75) is 58.9 Å². The van der Waals surface area contributed by atoms with E-state index in [0.717, 1.165) is 76.3 Å². The van der Waals surface area contributed by atoms with Gasteiger partial charge in [0.1, 0.15) is 12.4 Å². The molecule has 4 rings (SSSR count).